The molecule has 3 nitrogen and oxygen atoms in total. The lowest BCUT2D eigenvalue weighted by atomic mass is 9.93. The molecule has 88 valence electrons. The average Bonchev–Trinajstić information content (AvgIpc) is 3.09. The monoisotopic (exact) mass is 221 g/mol. The van der Waals surface area contributed by atoms with E-state index >= 15 is 0 Å². The third-order valence-electron chi connectivity index (χ3n) is 3.53. The maximum atomic E-state index is 5.86. The first-order chi connectivity index (χ1) is 7.66. The zero-order chi connectivity index (χ0) is 11.8. The Balaban J connectivity index is 2.50. The highest BCUT2D eigenvalue weighted by Crippen LogP contribution is 2.51. The molecule has 1 aliphatic rings. The van der Waals surface area contributed by atoms with Crippen molar-refractivity contribution in [3.63, 3.8) is 0 Å². The van der Waals surface area contributed by atoms with E-state index in [1.165, 1.54) is 5.56 Å². The van der Waals surface area contributed by atoms with Crippen LogP contribution in [0.25, 0.3) is 0 Å². The lowest BCUT2D eigenvalue weighted by Gasteiger charge is -2.19. The summed E-state index contributed by atoms with van der Waals surface area (Å²) in [5.41, 5.74) is 8.28. The number of rotatable bonds is 4. The normalized spacial score (nSPS) is 17.0. The molecule has 1 saturated carbocycles. The molecule has 0 aliphatic heterocycles. The Morgan fingerprint density at radius 1 is 1.19 bits per heavy atom. The van der Waals surface area contributed by atoms with E-state index in [0.29, 0.717) is 6.54 Å². The number of ether oxygens (including phenoxy) is 2. The van der Waals surface area contributed by atoms with Gasteiger partial charge in [0.2, 0.25) is 0 Å². The van der Waals surface area contributed by atoms with Crippen molar-refractivity contribution in [3.8, 4) is 11.5 Å². The quantitative estimate of drug-likeness (QED) is 0.845. The van der Waals surface area contributed by atoms with E-state index in [1.807, 2.05) is 13.0 Å². The molecule has 1 aromatic rings. The van der Waals surface area contributed by atoms with Crippen LogP contribution in [0.3, 0.4) is 0 Å². The SMILES string of the molecule is COc1cc(C2(CN)CC2)c(OC)cc1C. The highest BCUT2D eigenvalue weighted by molar-refractivity contribution is 5.51. The van der Waals surface area contributed by atoms with Crippen LogP contribution in [-0.4, -0.2) is 20.8 Å². The Labute approximate surface area is 96.5 Å². The second-order valence-electron chi connectivity index (χ2n) is 4.51. The van der Waals surface area contributed by atoms with Gasteiger partial charge in [-0.15, -0.1) is 0 Å². The van der Waals surface area contributed by atoms with E-state index < -0.39 is 0 Å². The van der Waals surface area contributed by atoms with Crippen molar-refractivity contribution in [1.82, 2.24) is 0 Å². The molecule has 0 bridgehead atoms. The minimum Gasteiger partial charge on any atom is -0.496 e. The topological polar surface area (TPSA) is 44.5 Å². The molecule has 1 aliphatic carbocycles. The van der Waals surface area contributed by atoms with Gasteiger partial charge in [0.1, 0.15) is 11.5 Å². The van der Waals surface area contributed by atoms with Gasteiger partial charge in [-0.1, -0.05) is 0 Å². The molecule has 0 heterocycles. The molecular formula is C13H19NO2. The smallest absolute Gasteiger partial charge is 0.123 e. The van der Waals surface area contributed by atoms with Crippen LogP contribution in [-0.2, 0) is 5.41 Å². The molecule has 0 aromatic heterocycles. The molecule has 1 fully saturated rings. The van der Waals surface area contributed by atoms with Crippen molar-refractivity contribution >= 4 is 0 Å². The number of benzene rings is 1. The summed E-state index contributed by atoms with van der Waals surface area (Å²) in [5, 5.41) is 0. The molecule has 0 atom stereocenters. The molecule has 0 spiro atoms. The van der Waals surface area contributed by atoms with Gasteiger partial charge in [-0.2, -0.15) is 0 Å². The van der Waals surface area contributed by atoms with Gasteiger partial charge in [0.25, 0.3) is 0 Å². The van der Waals surface area contributed by atoms with E-state index in [-0.39, 0.29) is 5.41 Å². The fraction of sp³-hybridized carbons (Fsp3) is 0.538. The molecule has 0 unspecified atom stereocenters. The summed E-state index contributed by atoms with van der Waals surface area (Å²) in [6, 6.07) is 4.11. The predicted molar refractivity (Wildman–Crippen MR) is 64.2 cm³/mol. The van der Waals surface area contributed by atoms with Crippen molar-refractivity contribution in [2.24, 2.45) is 5.73 Å². The summed E-state index contributed by atoms with van der Waals surface area (Å²) in [4.78, 5) is 0. The average molecular weight is 221 g/mol. The minimum atomic E-state index is 0.131. The molecule has 0 amide bonds. The maximum absolute atomic E-state index is 5.86. The highest BCUT2D eigenvalue weighted by Gasteiger charge is 2.45. The number of hydrogen-bond donors (Lipinski definition) is 1. The lowest BCUT2D eigenvalue weighted by molar-refractivity contribution is 0.391. The summed E-state index contributed by atoms with van der Waals surface area (Å²) in [6.07, 6.45) is 2.29. The zero-order valence-corrected chi connectivity index (χ0v) is 10.2. The van der Waals surface area contributed by atoms with Gasteiger partial charge in [-0.3, -0.25) is 0 Å². The highest BCUT2D eigenvalue weighted by atomic mass is 16.5. The van der Waals surface area contributed by atoms with Crippen LogP contribution in [0.2, 0.25) is 0 Å². The molecule has 0 saturated heterocycles. The summed E-state index contributed by atoms with van der Waals surface area (Å²) in [7, 11) is 3.40. The van der Waals surface area contributed by atoms with E-state index in [1.54, 1.807) is 14.2 Å². The lowest BCUT2D eigenvalue weighted by Crippen LogP contribution is -2.20. The van der Waals surface area contributed by atoms with Gasteiger partial charge in [0, 0.05) is 17.5 Å². The summed E-state index contributed by atoms with van der Waals surface area (Å²) < 4.78 is 10.8. The van der Waals surface area contributed by atoms with E-state index in [2.05, 4.69) is 6.07 Å². The predicted octanol–water partition coefficient (Wildman–Crippen LogP) is 2.00. The first-order valence-electron chi connectivity index (χ1n) is 5.60. The first kappa shape index (κ1) is 11.3. The van der Waals surface area contributed by atoms with Crippen LogP contribution < -0.4 is 15.2 Å². The molecule has 2 rings (SSSR count). The van der Waals surface area contributed by atoms with E-state index in [0.717, 1.165) is 29.9 Å². The Hall–Kier alpha value is -1.22. The van der Waals surface area contributed by atoms with Crippen LogP contribution in [0.5, 0.6) is 11.5 Å². The van der Waals surface area contributed by atoms with Gasteiger partial charge in [0.05, 0.1) is 14.2 Å². The second kappa shape index (κ2) is 3.98. The van der Waals surface area contributed by atoms with Crippen LogP contribution in [0.1, 0.15) is 24.0 Å². The second-order valence-corrected chi connectivity index (χ2v) is 4.51. The van der Waals surface area contributed by atoms with Gasteiger partial charge in [-0.05, 0) is 37.5 Å². The number of hydrogen-bond acceptors (Lipinski definition) is 3. The van der Waals surface area contributed by atoms with Crippen LogP contribution in [0, 0.1) is 6.92 Å². The largest absolute Gasteiger partial charge is 0.496 e. The van der Waals surface area contributed by atoms with Crippen molar-refractivity contribution in [3.05, 3.63) is 23.3 Å². The molecule has 16 heavy (non-hydrogen) atoms. The Bertz CT molecular complexity index is 397. The molecule has 3 heteroatoms. The van der Waals surface area contributed by atoms with Crippen molar-refractivity contribution in [1.29, 1.82) is 0 Å². The van der Waals surface area contributed by atoms with Crippen LogP contribution >= 0.6 is 0 Å². The fourth-order valence-electron chi connectivity index (χ4n) is 2.20. The van der Waals surface area contributed by atoms with Gasteiger partial charge in [-0.25, -0.2) is 0 Å². The molecule has 2 N–H and O–H groups in total. The van der Waals surface area contributed by atoms with Crippen molar-refractivity contribution in [2.45, 2.75) is 25.2 Å². The van der Waals surface area contributed by atoms with Crippen LogP contribution in [0.15, 0.2) is 12.1 Å². The minimum absolute atomic E-state index is 0.131. The van der Waals surface area contributed by atoms with Crippen molar-refractivity contribution < 1.29 is 9.47 Å². The number of nitrogens with two attached hydrogens (primary N) is 1. The number of aryl methyl sites for hydroxylation is 1. The van der Waals surface area contributed by atoms with E-state index in [9.17, 15) is 0 Å². The maximum Gasteiger partial charge on any atom is 0.123 e. The molecular weight excluding hydrogens is 202 g/mol. The van der Waals surface area contributed by atoms with Crippen LogP contribution in [0.4, 0.5) is 0 Å². The number of methoxy groups -OCH3 is 2. The Kier molecular flexibility index (Phi) is 2.80. The van der Waals surface area contributed by atoms with E-state index in [4.69, 9.17) is 15.2 Å². The molecule has 0 radical (unpaired) electrons. The van der Waals surface area contributed by atoms with Crippen molar-refractivity contribution in [2.75, 3.05) is 20.8 Å². The fourth-order valence-corrected chi connectivity index (χ4v) is 2.20. The van der Waals surface area contributed by atoms with Gasteiger partial charge >= 0.3 is 0 Å². The molecule has 1 aromatic carbocycles. The third kappa shape index (κ3) is 1.65. The zero-order valence-electron chi connectivity index (χ0n) is 10.2. The Morgan fingerprint density at radius 2 is 1.81 bits per heavy atom. The van der Waals surface area contributed by atoms with Gasteiger partial charge < -0.3 is 15.2 Å². The summed E-state index contributed by atoms with van der Waals surface area (Å²) in [5.74, 6) is 1.84. The standard InChI is InChI=1S/C13H19NO2/c1-9-6-12(16-3)10(7-11(9)15-2)13(8-14)4-5-13/h6-7H,4-5,8,14H2,1-3H3. The Morgan fingerprint density at radius 3 is 2.25 bits per heavy atom. The summed E-state index contributed by atoms with van der Waals surface area (Å²) in [6.45, 7) is 2.70. The van der Waals surface area contributed by atoms with Gasteiger partial charge in [0.15, 0.2) is 0 Å². The third-order valence-corrected chi connectivity index (χ3v) is 3.53. The first-order valence-corrected chi connectivity index (χ1v) is 5.60. The summed E-state index contributed by atoms with van der Waals surface area (Å²) >= 11 is 0.